The third-order valence-electron chi connectivity index (χ3n) is 4.82. The fraction of sp³-hybridized carbons (Fsp3) is 0.417. The van der Waals surface area contributed by atoms with Crippen molar-refractivity contribution in [3.8, 4) is 11.5 Å². The average molecular weight is 491 g/mol. The summed E-state index contributed by atoms with van der Waals surface area (Å²) in [7, 11) is -1.68. The molecule has 10 heteroatoms. The zero-order chi connectivity index (χ0) is 24.3. The predicted molar refractivity (Wildman–Crippen MR) is 126 cm³/mol. The van der Waals surface area contributed by atoms with Gasteiger partial charge in [-0.05, 0) is 49.2 Å². The highest BCUT2D eigenvalue weighted by Gasteiger charge is 2.20. The maximum Gasteiger partial charge on any atom is 0.258 e. The Balaban J connectivity index is 1.85. The highest BCUT2D eigenvalue weighted by atomic mass is 32.2. The first-order valence-corrected chi connectivity index (χ1v) is 12.2. The topological polar surface area (TPSA) is 112 Å². The molecule has 0 atom stereocenters. The zero-order valence-corrected chi connectivity index (χ0v) is 20.2. The number of carbonyl (C=O) groups is 2. The third-order valence-corrected chi connectivity index (χ3v) is 6.26. The van der Waals surface area contributed by atoms with E-state index in [0.717, 1.165) is 11.1 Å². The molecule has 1 heterocycles. The Hall–Kier alpha value is -2.95. The van der Waals surface area contributed by atoms with Crippen molar-refractivity contribution in [2.45, 2.75) is 23.6 Å². The van der Waals surface area contributed by atoms with Crippen LogP contribution in [0.25, 0.3) is 0 Å². The fourth-order valence-electron chi connectivity index (χ4n) is 3.11. The maximum atomic E-state index is 13.6. The summed E-state index contributed by atoms with van der Waals surface area (Å²) >= 11 is 0. The standard InChI is InChI=1S/C24H30N2O7S/c1-17-3-5-19-21(13-17)34(29)22-14-18(2)4-6-20(22)33-16-24(28)26-8-10-31-12-11-30-9-7-25-23(27)15-32-19/h3-6,13-14H,7-12,15-16H2,1-2H3,(H,25,27)(H,26,28). The van der Waals surface area contributed by atoms with E-state index in [1.54, 1.807) is 24.3 Å². The average Bonchev–Trinajstić information content (AvgIpc) is 2.82. The Kier molecular flexibility index (Phi) is 9.87. The molecule has 184 valence electrons. The molecule has 1 aliphatic heterocycles. The molecule has 2 aromatic rings. The second kappa shape index (κ2) is 13.1. The third kappa shape index (κ3) is 7.82. The summed E-state index contributed by atoms with van der Waals surface area (Å²) in [5.41, 5.74) is 1.78. The minimum Gasteiger partial charge on any atom is -0.482 e. The van der Waals surface area contributed by atoms with E-state index in [9.17, 15) is 13.8 Å². The van der Waals surface area contributed by atoms with Gasteiger partial charge in [0.1, 0.15) is 11.5 Å². The van der Waals surface area contributed by atoms with Gasteiger partial charge in [-0.1, -0.05) is 12.1 Å². The van der Waals surface area contributed by atoms with Gasteiger partial charge in [-0.3, -0.25) is 9.59 Å². The first-order valence-electron chi connectivity index (χ1n) is 11.0. The van der Waals surface area contributed by atoms with Crippen LogP contribution in [0.5, 0.6) is 11.5 Å². The predicted octanol–water partition coefficient (Wildman–Crippen LogP) is 1.51. The van der Waals surface area contributed by atoms with Crippen molar-refractivity contribution < 1.29 is 32.7 Å². The Morgan fingerprint density at radius 2 is 1.15 bits per heavy atom. The van der Waals surface area contributed by atoms with Crippen LogP contribution >= 0.6 is 0 Å². The molecule has 2 amide bonds. The monoisotopic (exact) mass is 490 g/mol. The van der Waals surface area contributed by atoms with Crippen molar-refractivity contribution in [2.75, 3.05) is 52.7 Å². The summed E-state index contributed by atoms with van der Waals surface area (Å²) in [6.07, 6.45) is 0. The number of amides is 2. The molecule has 0 aromatic heterocycles. The van der Waals surface area contributed by atoms with E-state index in [0.29, 0.717) is 60.8 Å². The first kappa shape index (κ1) is 25.7. The van der Waals surface area contributed by atoms with Crippen LogP contribution in [0, 0.1) is 13.8 Å². The van der Waals surface area contributed by atoms with Crippen LogP contribution in [-0.4, -0.2) is 68.8 Å². The zero-order valence-electron chi connectivity index (χ0n) is 19.4. The number of carbonyl (C=O) groups excluding carboxylic acids is 2. The van der Waals surface area contributed by atoms with E-state index in [2.05, 4.69) is 10.6 Å². The summed E-state index contributed by atoms with van der Waals surface area (Å²) in [4.78, 5) is 25.2. The fourth-order valence-corrected chi connectivity index (χ4v) is 4.56. The second-order valence-corrected chi connectivity index (χ2v) is 9.09. The van der Waals surface area contributed by atoms with E-state index in [1.807, 2.05) is 26.0 Å². The Morgan fingerprint density at radius 3 is 1.59 bits per heavy atom. The number of aryl methyl sites for hydroxylation is 2. The van der Waals surface area contributed by atoms with Gasteiger partial charge in [-0.15, -0.1) is 0 Å². The number of fused-ring (bicyclic) bond motifs is 2. The van der Waals surface area contributed by atoms with Gasteiger partial charge in [0.05, 0.1) is 47.0 Å². The van der Waals surface area contributed by atoms with E-state index in [4.69, 9.17) is 18.9 Å². The summed E-state index contributed by atoms with van der Waals surface area (Å²) in [5, 5.41) is 5.44. The molecular formula is C24H30N2O7S. The van der Waals surface area contributed by atoms with Gasteiger partial charge in [-0.2, -0.15) is 0 Å². The number of hydrogen-bond donors (Lipinski definition) is 2. The first-order chi connectivity index (χ1) is 16.4. The van der Waals surface area contributed by atoms with Gasteiger partial charge >= 0.3 is 0 Å². The number of benzene rings is 2. The smallest absolute Gasteiger partial charge is 0.258 e. The lowest BCUT2D eigenvalue weighted by molar-refractivity contribution is -0.124. The molecule has 0 saturated carbocycles. The van der Waals surface area contributed by atoms with Gasteiger partial charge in [0.2, 0.25) is 0 Å². The highest BCUT2D eigenvalue weighted by molar-refractivity contribution is 7.85. The molecule has 0 radical (unpaired) electrons. The molecular weight excluding hydrogens is 460 g/mol. The quantitative estimate of drug-likeness (QED) is 0.576. The molecule has 0 bridgehead atoms. The van der Waals surface area contributed by atoms with Gasteiger partial charge in [0, 0.05) is 13.1 Å². The van der Waals surface area contributed by atoms with Gasteiger partial charge in [-0.25, -0.2) is 4.21 Å². The lowest BCUT2D eigenvalue weighted by Gasteiger charge is -2.15. The number of ether oxygens (including phenoxy) is 4. The van der Waals surface area contributed by atoms with Crippen molar-refractivity contribution in [1.82, 2.24) is 10.6 Å². The molecule has 0 fully saturated rings. The maximum absolute atomic E-state index is 13.6. The lowest BCUT2D eigenvalue weighted by atomic mass is 10.2. The van der Waals surface area contributed by atoms with Crippen LogP contribution < -0.4 is 20.1 Å². The van der Waals surface area contributed by atoms with Crippen molar-refractivity contribution >= 4 is 22.6 Å². The minimum absolute atomic E-state index is 0.228. The summed E-state index contributed by atoms with van der Waals surface area (Å²) in [6.45, 7) is 5.37. The molecule has 9 nitrogen and oxygen atoms in total. The molecule has 0 spiro atoms. The Morgan fingerprint density at radius 1 is 0.706 bits per heavy atom. The highest BCUT2D eigenvalue weighted by Crippen LogP contribution is 2.32. The Bertz CT molecular complexity index is 949. The van der Waals surface area contributed by atoms with Gasteiger partial charge in [0.15, 0.2) is 13.2 Å². The molecule has 2 N–H and O–H groups in total. The SMILES string of the molecule is Cc1ccc2c(c1)S(=O)c1cc(C)ccc1OCC(=O)NCCOCCOCCNC(=O)CO2. The van der Waals surface area contributed by atoms with Crippen LogP contribution in [0.3, 0.4) is 0 Å². The normalized spacial score (nSPS) is 17.6. The van der Waals surface area contributed by atoms with Crippen molar-refractivity contribution in [1.29, 1.82) is 0 Å². The van der Waals surface area contributed by atoms with Crippen LogP contribution in [0.1, 0.15) is 11.1 Å². The van der Waals surface area contributed by atoms with Crippen LogP contribution in [0.2, 0.25) is 0 Å². The van der Waals surface area contributed by atoms with E-state index < -0.39 is 10.8 Å². The molecule has 0 aliphatic carbocycles. The van der Waals surface area contributed by atoms with Crippen molar-refractivity contribution in [2.24, 2.45) is 0 Å². The van der Waals surface area contributed by atoms with Crippen LogP contribution in [0.15, 0.2) is 46.2 Å². The molecule has 0 unspecified atom stereocenters. The number of rotatable bonds is 0. The summed E-state index contributed by atoms with van der Waals surface area (Å²) in [6, 6.07) is 10.5. The van der Waals surface area contributed by atoms with Crippen molar-refractivity contribution in [3.63, 3.8) is 0 Å². The van der Waals surface area contributed by atoms with E-state index >= 15 is 0 Å². The van der Waals surface area contributed by atoms with Crippen LogP contribution in [-0.2, 0) is 29.9 Å². The number of nitrogens with one attached hydrogen (secondary N) is 2. The lowest BCUT2D eigenvalue weighted by Crippen LogP contribution is -2.32. The summed E-state index contributed by atoms with van der Waals surface area (Å²) < 4.78 is 35.9. The Labute approximate surface area is 201 Å². The number of hydrogen-bond acceptors (Lipinski definition) is 7. The second-order valence-electron chi connectivity index (χ2n) is 7.67. The molecule has 34 heavy (non-hydrogen) atoms. The largest absolute Gasteiger partial charge is 0.482 e. The molecule has 1 aliphatic rings. The van der Waals surface area contributed by atoms with Gasteiger partial charge < -0.3 is 29.6 Å². The van der Waals surface area contributed by atoms with Gasteiger partial charge in [0.25, 0.3) is 11.8 Å². The molecule has 2 aromatic carbocycles. The summed E-state index contributed by atoms with van der Waals surface area (Å²) in [5.74, 6) is 0.0478. The van der Waals surface area contributed by atoms with E-state index in [-0.39, 0.29) is 25.0 Å². The van der Waals surface area contributed by atoms with Crippen molar-refractivity contribution in [3.05, 3.63) is 47.5 Å². The minimum atomic E-state index is -1.68. The van der Waals surface area contributed by atoms with E-state index in [1.165, 1.54) is 0 Å². The molecule has 3 rings (SSSR count). The van der Waals surface area contributed by atoms with Crippen LogP contribution in [0.4, 0.5) is 0 Å². The molecule has 0 saturated heterocycles.